The maximum absolute atomic E-state index is 13.3. The van der Waals surface area contributed by atoms with Crippen molar-refractivity contribution in [3.8, 4) is 11.4 Å². The number of methoxy groups -OCH3 is 2. The van der Waals surface area contributed by atoms with Crippen molar-refractivity contribution in [2.45, 2.75) is 51.2 Å². The van der Waals surface area contributed by atoms with Gasteiger partial charge in [0.1, 0.15) is 5.75 Å². The molecule has 1 aliphatic heterocycles. The summed E-state index contributed by atoms with van der Waals surface area (Å²) in [6, 6.07) is 10.0. The maximum Gasteiger partial charge on any atom is 0.232 e. The predicted molar refractivity (Wildman–Crippen MR) is 140 cm³/mol. The van der Waals surface area contributed by atoms with E-state index in [2.05, 4.69) is 26.6 Å². The molecular formula is C26H35N5O3S. The summed E-state index contributed by atoms with van der Waals surface area (Å²) in [6.07, 6.45) is 3.50. The molecule has 0 spiro atoms. The summed E-state index contributed by atoms with van der Waals surface area (Å²) in [7, 11) is 3.36. The molecule has 0 bridgehead atoms. The highest BCUT2D eigenvalue weighted by molar-refractivity contribution is 7.99. The number of carbonyl (C=O) groups excluding carboxylic acids is 1. The van der Waals surface area contributed by atoms with Gasteiger partial charge in [-0.3, -0.25) is 9.36 Å². The van der Waals surface area contributed by atoms with E-state index < -0.39 is 0 Å². The van der Waals surface area contributed by atoms with E-state index >= 15 is 0 Å². The molecule has 1 fully saturated rings. The van der Waals surface area contributed by atoms with Crippen LogP contribution < -0.4 is 9.64 Å². The van der Waals surface area contributed by atoms with Crippen LogP contribution in [0.5, 0.6) is 5.75 Å². The van der Waals surface area contributed by atoms with Gasteiger partial charge in [-0.15, -0.1) is 10.2 Å². The van der Waals surface area contributed by atoms with Crippen LogP contribution in [0.3, 0.4) is 0 Å². The van der Waals surface area contributed by atoms with Gasteiger partial charge in [0.25, 0.3) is 0 Å². The van der Waals surface area contributed by atoms with E-state index in [4.69, 9.17) is 9.47 Å². The van der Waals surface area contributed by atoms with Gasteiger partial charge in [0.2, 0.25) is 5.95 Å². The first kappa shape index (κ1) is 25.3. The van der Waals surface area contributed by atoms with Gasteiger partial charge in [-0.2, -0.15) is 0 Å². The first-order valence-electron chi connectivity index (χ1n) is 12.1. The molecule has 1 atom stereocenters. The van der Waals surface area contributed by atoms with Crippen molar-refractivity contribution < 1.29 is 14.3 Å². The molecule has 1 aliphatic rings. The number of anilines is 1. The summed E-state index contributed by atoms with van der Waals surface area (Å²) in [5.41, 5.74) is 3.66. The van der Waals surface area contributed by atoms with E-state index in [1.54, 1.807) is 14.2 Å². The zero-order valence-electron chi connectivity index (χ0n) is 21.3. The van der Waals surface area contributed by atoms with Gasteiger partial charge in [-0.1, -0.05) is 23.9 Å². The van der Waals surface area contributed by atoms with E-state index in [9.17, 15) is 4.79 Å². The lowest BCUT2D eigenvalue weighted by molar-refractivity contribution is 0.102. The summed E-state index contributed by atoms with van der Waals surface area (Å²) < 4.78 is 15.2. The first-order valence-corrected chi connectivity index (χ1v) is 13.1. The minimum absolute atomic E-state index is 0.0769. The zero-order chi connectivity index (χ0) is 24.9. The minimum Gasteiger partial charge on any atom is -0.495 e. The molecule has 2 aromatic heterocycles. The Morgan fingerprint density at radius 1 is 1.11 bits per heavy atom. The Morgan fingerprint density at radius 3 is 2.57 bits per heavy atom. The van der Waals surface area contributed by atoms with Crippen molar-refractivity contribution in [3.63, 3.8) is 0 Å². The fourth-order valence-corrected chi connectivity index (χ4v) is 5.76. The molecule has 0 saturated carbocycles. The van der Waals surface area contributed by atoms with Gasteiger partial charge in [0, 0.05) is 37.2 Å². The Bertz CT molecular complexity index is 1170. The SMILES string of the molecule is COC[C@@H](C)n1c(C)cc(C(=O)CSc2nnc(N3CCCCC3)n2-c2ccccc2OC)c1C. The number of ether oxygens (including phenoxy) is 2. The minimum atomic E-state index is 0.0769. The maximum atomic E-state index is 13.3. The number of benzene rings is 1. The average molecular weight is 498 g/mol. The molecular weight excluding hydrogens is 462 g/mol. The molecule has 3 heterocycles. The van der Waals surface area contributed by atoms with Crippen LogP contribution in [0.4, 0.5) is 5.95 Å². The number of thioether (sulfide) groups is 1. The molecule has 0 N–H and O–H groups in total. The highest BCUT2D eigenvalue weighted by atomic mass is 32.2. The second-order valence-corrected chi connectivity index (χ2v) is 9.95. The molecule has 8 nitrogen and oxygen atoms in total. The summed E-state index contributed by atoms with van der Waals surface area (Å²) in [4.78, 5) is 15.6. The molecule has 0 unspecified atom stereocenters. The van der Waals surface area contributed by atoms with Gasteiger partial charge < -0.3 is 18.9 Å². The van der Waals surface area contributed by atoms with Gasteiger partial charge in [-0.05, 0) is 58.2 Å². The average Bonchev–Trinajstić information content (AvgIpc) is 3.43. The third-order valence-corrected chi connectivity index (χ3v) is 7.48. The number of ketones is 1. The van der Waals surface area contributed by atoms with Crippen LogP contribution in [0.2, 0.25) is 0 Å². The number of carbonyl (C=O) groups is 1. The molecule has 188 valence electrons. The van der Waals surface area contributed by atoms with Crippen molar-refractivity contribution in [2.24, 2.45) is 0 Å². The monoisotopic (exact) mass is 497 g/mol. The second kappa shape index (κ2) is 11.3. The largest absolute Gasteiger partial charge is 0.495 e. The highest BCUT2D eigenvalue weighted by Crippen LogP contribution is 2.33. The normalized spacial score (nSPS) is 14.8. The molecule has 4 rings (SSSR count). The van der Waals surface area contributed by atoms with E-state index in [0.717, 1.165) is 60.3 Å². The lowest BCUT2D eigenvalue weighted by Gasteiger charge is -2.28. The van der Waals surface area contributed by atoms with Crippen molar-refractivity contribution >= 4 is 23.5 Å². The Morgan fingerprint density at radius 2 is 1.86 bits per heavy atom. The Labute approximate surface area is 211 Å². The molecule has 1 saturated heterocycles. The Balaban J connectivity index is 1.62. The van der Waals surface area contributed by atoms with Crippen molar-refractivity contribution in [2.75, 3.05) is 44.6 Å². The van der Waals surface area contributed by atoms with Crippen LogP contribution in [-0.4, -0.2) is 64.8 Å². The van der Waals surface area contributed by atoms with Gasteiger partial charge in [-0.25, -0.2) is 0 Å². The van der Waals surface area contributed by atoms with Gasteiger partial charge >= 0.3 is 0 Å². The molecule has 0 radical (unpaired) electrons. The lowest BCUT2D eigenvalue weighted by atomic mass is 10.1. The summed E-state index contributed by atoms with van der Waals surface area (Å²) in [6.45, 7) is 8.63. The summed E-state index contributed by atoms with van der Waals surface area (Å²) in [5, 5.41) is 9.75. The predicted octanol–water partition coefficient (Wildman–Crippen LogP) is 4.87. The second-order valence-electron chi connectivity index (χ2n) is 9.01. The highest BCUT2D eigenvalue weighted by Gasteiger charge is 2.25. The quantitative estimate of drug-likeness (QED) is 0.292. The molecule has 9 heteroatoms. The van der Waals surface area contributed by atoms with Crippen LogP contribution >= 0.6 is 11.8 Å². The zero-order valence-corrected chi connectivity index (χ0v) is 22.1. The summed E-state index contributed by atoms with van der Waals surface area (Å²) >= 11 is 1.41. The topological polar surface area (TPSA) is 74.4 Å². The lowest BCUT2D eigenvalue weighted by Crippen LogP contribution is -2.31. The number of Topliss-reactive ketones (excluding diaryl/α,β-unsaturated/α-hetero) is 1. The van der Waals surface area contributed by atoms with Gasteiger partial charge in [0.05, 0.1) is 31.2 Å². The van der Waals surface area contributed by atoms with E-state index in [-0.39, 0.29) is 17.6 Å². The van der Waals surface area contributed by atoms with Gasteiger partial charge in [0.15, 0.2) is 10.9 Å². The summed E-state index contributed by atoms with van der Waals surface area (Å²) in [5.74, 6) is 1.90. The number of hydrogen-bond acceptors (Lipinski definition) is 7. The standard InChI is InChI=1S/C26H35N5O3S/c1-18-15-21(20(3)30(18)19(2)16-33-4)23(32)17-35-26-28-27-25(29-13-9-6-10-14-29)31(26)22-11-7-8-12-24(22)34-5/h7-8,11-12,15,19H,6,9-10,13-14,16-17H2,1-5H3/t19-/m1/s1. The first-order chi connectivity index (χ1) is 17.0. The number of piperidine rings is 1. The number of para-hydroxylation sites is 2. The number of aromatic nitrogens is 4. The van der Waals surface area contributed by atoms with Crippen LogP contribution in [0, 0.1) is 13.8 Å². The van der Waals surface area contributed by atoms with Crippen LogP contribution in [0.1, 0.15) is 54.0 Å². The Kier molecular flexibility index (Phi) is 8.18. The molecule has 3 aromatic rings. The smallest absolute Gasteiger partial charge is 0.232 e. The van der Waals surface area contributed by atoms with E-state index in [0.29, 0.717) is 11.8 Å². The van der Waals surface area contributed by atoms with Crippen molar-refractivity contribution in [1.29, 1.82) is 0 Å². The molecule has 0 amide bonds. The number of rotatable bonds is 10. The van der Waals surface area contributed by atoms with Crippen LogP contribution in [0.15, 0.2) is 35.5 Å². The van der Waals surface area contributed by atoms with Crippen LogP contribution in [0.25, 0.3) is 5.69 Å². The molecule has 0 aliphatic carbocycles. The third kappa shape index (κ3) is 5.26. The number of hydrogen-bond donors (Lipinski definition) is 0. The molecule has 35 heavy (non-hydrogen) atoms. The fraction of sp³-hybridized carbons (Fsp3) is 0.500. The third-order valence-electron chi connectivity index (χ3n) is 6.55. The van der Waals surface area contributed by atoms with Crippen molar-refractivity contribution in [3.05, 3.63) is 47.3 Å². The fourth-order valence-electron chi connectivity index (χ4n) is 4.94. The molecule has 1 aromatic carbocycles. The van der Waals surface area contributed by atoms with E-state index in [1.807, 2.05) is 48.7 Å². The van der Waals surface area contributed by atoms with Crippen LogP contribution in [-0.2, 0) is 4.74 Å². The number of aryl methyl sites for hydroxylation is 1. The van der Waals surface area contributed by atoms with E-state index in [1.165, 1.54) is 18.2 Å². The number of nitrogens with zero attached hydrogens (tertiary/aromatic N) is 5. The Hall–Kier alpha value is -2.78. The van der Waals surface area contributed by atoms with Crippen molar-refractivity contribution in [1.82, 2.24) is 19.3 Å².